The lowest BCUT2D eigenvalue weighted by Gasteiger charge is -2.26. The van der Waals surface area contributed by atoms with Crippen molar-refractivity contribution in [3.8, 4) is 0 Å². The predicted molar refractivity (Wildman–Crippen MR) is 95.3 cm³/mol. The van der Waals surface area contributed by atoms with Crippen molar-refractivity contribution < 1.29 is 9.53 Å². The van der Waals surface area contributed by atoms with Crippen molar-refractivity contribution in [2.75, 3.05) is 13.2 Å². The van der Waals surface area contributed by atoms with Gasteiger partial charge < -0.3 is 14.0 Å². The number of hydrogen-bond donors (Lipinski definition) is 0. The molecule has 1 amide bonds. The first-order valence-corrected chi connectivity index (χ1v) is 8.67. The second-order valence-corrected chi connectivity index (χ2v) is 6.41. The van der Waals surface area contributed by atoms with Crippen LogP contribution >= 0.6 is 0 Å². The van der Waals surface area contributed by atoms with E-state index in [0.717, 1.165) is 30.7 Å². The molecule has 1 aliphatic heterocycles. The van der Waals surface area contributed by atoms with Crippen molar-refractivity contribution >= 4 is 11.6 Å². The van der Waals surface area contributed by atoms with Gasteiger partial charge in [0.25, 0.3) is 5.91 Å². The fraction of sp³-hybridized carbons (Fsp3) is 0.300. The lowest BCUT2D eigenvalue weighted by Crippen LogP contribution is -2.37. The van der Waals surface area contributed by atoms with E-state index in [2.05, 4.69) is 4.98 Å². The summed E-state index contributed by atoms with van der Waals surface area (Å²) in [6.07, 6.45) is 7.69. The van der Waals surface area contributed by atoms with Crippen LogP contribution in [0.25, 0.3) is 5.65 Å². The quantitative estimate of drug-likeness (QED) is 0.719. The van der Waals surface area contributed by atoms with Gasteiger partial charge >= 0.3 is 0 Å². The molecule has 0 aliphatic carbocycles. The molecule has 0 N–H and O–H groups in total. The second kappa shape index (κ2) is 7.07. The summed E-state index contributed by atoms with van der Waals surface area (Å²) in [6.45, 7) is 1.99. The number of amides is 1. The number of carbonyl (C=O) groups excluding carboxylic acids is 1. The highest BCUT2D eigenvalue weighted by molar-refractivity contribution is 5.95. The smallest absolute Gasteiger partial charge is 0.254 e. The van der Waals surface area contributed by atoms with E-state index in [1.165, 1.54) is 0 Å². The zero-order chi connectivity index (χ0) is 17.1. The number of aromatic nitrogens is 2. The molecule has 0 radical (unpaired) electrons. The molecule has 5 heteroatoms. The van der Waals surface area contributed by atoms with Gasteiger partial charge in [-0.3, -0.25) is 4.79 Å². The molecule has 25 heavy (non-hydrogen) atoms. The molecule has 1 unspecified atom stereocenters. The summed E-state index contributed by atoms with van der Waals surface area (Å²) in [6, 6.07) is 13.8. The van der Waals surface area contributed by atoms with Crippen molar-refractivity contribution in [3.05, 3.63) is 72.2 Å². The van der Waals surface area contributed by atoms with Gasteiger partial charge in [0.2, 0.25) is 0 Å². The maximum Gasteiger partial charge on any atom is 0.254 e. The van der Waals surface area contributed by atoms with Crippen molar-refractivity contribution in [1.29, 1.82) is 0 Å². The molecule has 3 aromatic rings. The molecule has 0 spiro atoms. The van der Waals surface area contributed by atoms with Gasteiger partial charge in [-0.15, -0.1) is 0 Å². The first-order chi connectivity index (χ1) is 12.3. The van der Waals surface area contributed by atoms with E-state index >= 15 is 0 Å². The molecule has 1 atom stereocenters. The van der Waals surface area contributed by atoms with E-state index in [4.69, 9.17) is 4.74 Å². The molecule has 0 saturated carbocycles. The summed E-state index contributed by atoms with van der Waals surface area (Å²) in [5.74, 6) is 0.0184. The Bertz CT molecular complexity index is 854. The Balaban J connectivity index is 1.59. The summed E-state index contributed by atoms with van der Waals surface area (Å²) in [5, 5.41) is 0. The molecule has 3 heterocycles. The van der Waals surface area contributed by atoms with Crippen molar-refractivity contribution in [3.63, 3.8) is 0 Å². The average Bonchev–Trinajstić information content (AvgIpc) is 3.32. The second-order valence-electron chi connectivity index (χ2n) is 6.41. The number of fused-ring (bicyclic) bond motifs is 1. The molecule has 1 fully saturated rings. The summed E-state index contributed by atoms with van der Waals surface area (Å²) in [7, 11) is 0. The SMILES string of the molecule is O=C(c1ccn2ccnc2c1)N(Cc1ccccc1)CC1CCCO1. The predicted octanol–water partition coefficient (Wildman–Crippen LogP) is 3.16. The van der Waals surface area contributed by atoms with E-state index < -0.39 is 0 Å². The number of nitrogens with zero attached hydrogens (tertiary/aromatic N) is 3. The zero-order valence-corrected chi connectivity index (χ0v) is 14.0. The van der Waals surface area contributed by atoms with Crippen LogP contribution in [0, 0.1) is 0 Å². The third-order valence-corrected chi connectivity index (χ3v) is 4.60. The maximum absolute atomic E-state index is 13.1. The van der Waals surface area contributed by atoms with Crippen LogP contribution in [0.1, 0.15) is 28.8 Å². The summed E-state index contributed by atoms with van der Waals surface area (Å²) < 4.78 is 7.66. The average molecular weight is 335 g/mol. The van der Waals surface area contributed by atoms with E-state index in [1.54, 1.807) is 6.20 Å². The largest absolute Gasteiger partial charge is 0.376 e. The lowest BCUT2D eigenvalue weighted by molar-refractivity contribution is 0.0507. The Labute approximate surface area is 146 Å². The minimum absolute atomic E-state index is 0.0184. The molecule has 4 rings (SSSR count). The maximum atomic E-state index is 13.1. The van der Waals surface area contributed by atoms with E-state index in [0.29, 0.717) is 18.7 Å². The van der Waals surface area contributed by atoms with E-state index in [-0.39, 0.29) is 12.0 Å². The summed E-state index contributed by atoms with van der Waals surface area (Å²) >= 11 is 0. The number of imidazole rings is 1. The van der Waals surface area contributed by atoms with Crippen molar-refractivity contribution in [2.45, 2.75) is 25.5 Å². The lowest BCUT2D eigenvalue weighted by atomic mass is 10.1. The molecule has 128 valence electrons. The molecular weight excluding hydrogens is 314 g/mol. The Kier molecular flexibility index (Phi) is 4.48. The molecule has 5 nitrogen and oxygen atoms in total. The van der Waals surface area contributed by atoms with Gasteiger partial charge in [0, 0.05) is 43.9 Å². The fourth-order valence-electron chi connectivity index (χ4n) is 3.28. The third kappa shape index (κ3) is 3.56. The van der Waals surface area contributed by atoms with Crippen LogP contribution in [0.5, 0.6) is 0 Å². The number of hydrogen-bond acceptors (Lipinski definition) is 3. The van der Waals surface area contributed by atoms with Crippen LogP contribution in [0.3, 0.4) is 0 Å². The first kappa shape index (κ1) is 15.8. The number of pyridine rings is 1. The van der Waals surface area contributed by atoms with Crippen LogP contribution in [-0.2, 0) is 11.3 Å². The number of benzene rings is 1. The highest BCUT2D eigenvalue weighted by atomic mass is 16.5. The Hall–Kier alpha value is -2.66. The minimum atomic E-state index is 0.0184. The number of rotatable bonds is 5. The van der Waals surface area contributed by atoms with Gasteiger partial charge in [-0.05, 0) is 30.5 Å². The van der Waals surface area contributed by atoms with Gasteiger partial charge in [0.1, 0.15) is 5.65 Å². The Morgan fingerprint density at radius 1 is 1.24 bits per heavy atom. The highest BCUT2D eigenvalue weighted by Gasteiger charge is 2.24. The van der Waals surface area contributed by atoms with Crippen LogP contribution in [0.4, 0.5) is 0 Å². The van der Waals surface area contributed by atoms with Crippen molar-refractivity contribution in [1.82, 2.24) is 14.3 Å². The molecule has 1 aromatic carbocycles. The topological polar surface area (TPSA) is 46.8 Å². The normalized spacial score (nSPS) is 17.0. The molecular formula is C20H21N3O2. The highest BCUT2D eigenvalue weighted by Crippen LogP contribution is 2.18. The van der Waals surface area contributed by atoms with Gasteiger partial charge in [0.15, 0.2) is 0 Å². The molecule has 1 aliphatic rings. The molecule has 1 saturated heterocycles. The van der Waals surface area contributed by atoms with Gasteiger partial charge in [0.05, 0.1) is 6.10 Å². The van der Waals surface area contributed by atoms with Crippen LogP contribution < -0.4 is 0 Å². The third-order valence-electron chi connectivity index (χ3n) is 4.60. The van der Waals surface area contributed by atoms with Gasteiger partial charge in [-0.1, -0.05) is 30.3 Å². The van der Waals surface area contributed by atoms with E-state index in [1.807, 2.05) is 64.2 Å². The Morgan fingerprint density at radius 2 is 2.12 bits per heavy atom. The number of ether oxygens (including phenoxy) is 1. The van der Waals surface area contributed by atoms with Crippen LogP contribution in [-0.4, -0.2) is 39.4 Å². The monoisotopic (exact) mass is 335 g/mol. The summed E-state index contributed by atoms with van der Waals surface area (Å²) in [4.78, 5) is 19.3. The van der Waals surface area contributed by atoms with Gasteiger partial charge in [-0.2, -0.15) is 0 Å². The van der Waals surface area contributed by atoms with Gasteiger partial charge in [-0.25, -0.2) is 4.98 Å². The first-order valence-electron chi connectivity index (χ1n) is 8.67. The van der Waals surface area contributed by atoms with Crippen LogP contribution in [0.2, 0.25) is 0 Å². The van der Waals surface area contributed by atoms with Crippen molar-refractivity contribution in [2.24, 2.45) is 0 Å². The zero-order valence-electron chi connectivity index (χ0n) is 14.0. The Morgan fingerprint density at radius 3 is 2.92 bits per heavy atom. The molecule has 0 bridgehead atoms. The molecule has 2 aromatic heterocycles. The number of carbonyl (C=O) groups is 1. The van der Waals surface area contributed by atoms with E-state index in [9.17, 15) is 4.79 Å². The minimum Gasteiger partial charge on any atom is -0.376 e. The van der Waals surface area contributed by atoms with Crippen LogP contribution in [0.15, 0.2) is 61.1 Å². The summed E-state index contributed by atoms with van der Waals surface area (Å²) in [5.41, 5.74) is 2.56. The standard InChI is InChI=1S/C20H21N3O2/c24-20(17-8-10-22-11-9-21-19(22)13-17)23(15-18-7-4-12-25-18)14-16-5-2-1-3-6-16/h1-3,5-6,8-11,13,18H,4,7,12,14-15H2. The fourth-order valence-corrected chi connectivity index (χ4v) is 3.28.